The van der Waals surface area contributed by atoms with Crippen molar-refractivity contribution < 1.29 is 9.90 Å². The molecule has 0 aromatic heterocycles. The Labute approximate surface area is 116 Å². The number of nitrogens with one attached hydrogen (secondary N) is 1. The summed E-state index contributed by atoms with van der Waals surface area (Å²) in [6, 6.07) is 7.05. The number of hydrogen-bond donors (Lipinski definition) is 2. The largest absolute Gasteiger partial charge is 0.386 e. The second-order valence-corrected chi connectivity index (χ2v) is 5.43. The van der Waals surface area contributed by atoms with Crippen LogP contribution in [0.4, 0.5) is 0 Å². The number of aliphatic hydroxyl groups excluding tert-OH is 1. The van der Waals surface area contributed by atoms with Crippen molar-refractivity contribution in [3.8, 4) is 0 Å². The molecular formula is C14H18BrNO2. The standard InChI is InChI=1S/C14H18BrNO2/c1-9(2)8-13(17)16-10(3)14(18)11-4-6-12(15)7-5-11/h4-8,10,14,18H,1-3H3,(H,16,17). The van der Waals surface area contributed by atoms with Gasteiger partial charge in [-0.05, 0) is 38.5 Å². The SMILES string of the molecule is CC(C)=CC(=O)NC(C)C(O)c1ccc(Br)cc1. The van der Waals surface area contributed by atoms with E-state index < -0.39 is 6.10 Å². The van der Waals surface area contributed by atoms with E-state index >= 15 is 0 Å². The molecule has 0 saturated heterocycles. The summed E-state index contributed by atoms with van der Waals surface area (Å²) in [6.45, 7) is 5.49. The zero-order chi connectivity index (χ0) is 13.7. The van der Waals surface area contributed by atoms with E-state index in [2.05, 4.69) is 21.2 Å². The Morgan fingerprint density at radius 1 is 1.33 bits per heavy atom. The number of aliphatic hydroxyl groups is 1. The van der Waals surface area contributed by atoms with Gasteiger partial charge in [-0.15, -0.1) is 0 Å². The Morgan fingerprint density at radius 2 is 1.89 bits per heavy atom. The molecule has 0 bridgehead atoms. The molecule has 1 aromatic carbocycles. The lowest BCUT2D eigenvalue weighted by atomic mass is 10.0. The van der Waals surface area contributed by atoms with Crippen LogP contribution in [0.5, 0.6) is 0 Å². The molecule has 98 valence electrons. The second kappa shape index (κ2) is 6.71. The van der Waals surface area contributed by atoms with Crippen molar-refractivity contribution in [1.29, 1.82) is 0 Å². The quantitative estimate of drug-likeness (QED) is 0.840. The van der Waals surface area contributed by atoms with Crippen molar-refractivity contribution in [1.82, 2.24) is 5.32 Å². The molecule has 0 heterocycles. The van der Waals surface area contributed by atoms with E-state index in [1.807, 2.05) is 38.1 Å². The minimum atomic E-state index is -0.715. The van der Waals surface area contributed by atoms with Crippen LogP contribution >= 0.6 is 15.9 Å². The third kappa shape index (κ3) is 4.63. The van der Waals surface area contributed by atoms with Gasteiger partial charge >= 0.3 is 0 Å². The summed E-state index contributed by atoms with van der Waals surface area (Å²) in [4.78, 5) is 11.5. The summed E-state index contributed by atoms with van der Waals surface area (Å²) in [5.41, 5.74) is 1.71. The summed E-state index contributed by atoms with van der Waals surface area (Å²) >= 11 is 3.34. The first-order valence-electron chi connectivity index (χ1n) is 5.79. The Bertz CT molecular complexity index is 436. The lowest BCUT2D eigenvalue weighted by molar-refractivity contribution is -0.117. The average molecular weight is 312 g/mol. The molecule has 4 heteroatoms. The fraction of sp³-hybridized carbons (Fsp3) is 0.357. The average Bonchev–Trinajstić information content (AvgIpc) is 2.27. The minimum absolute atomic E-state index is 0.182. The zero-order valence-corrected chi connectivity index (χ0v) is 12.4. The lowest BCUT2D eigenvalue weighted by Gasteiger charge is -2.20. The van der Waals surface area contributed by atoms with Gasteiger partial charge < -0.3 is 10.4 Å². The van der Waals surface area contributed by atoms with Gasteiger partial charge in [-0.25, -0.2) is 0 Å². The predicted molar refractivity (Wildman–Crippen MR) is 76.1 cm³/mol. The maximum absolute atomic E-state index is 11.5. The van der Waals surface area contributed by atoms with Crippen LogP contribution in [-0.2, 0) is 4.79 Å². The van der Waals surface area contributed by atoms with E-state index in [0.717, 1.165) is 15.6 Å². The van der Waals surface area contributed by atoms with Gasteiger partial charge in [-0.3, -0.25) is 4.79 Å². The van der Waals surface area contributed by atoms with E-state index in [0.29, 0.717) is 0 Å². The number of carbonyl (C=O) groups is 1. The number of carbonyl (C=O) groups excluding carboxylic acids is 1. The third-order valence-electron chi connectivity index (χ3n) is 2.47. The number of amides is 1. The van der Waals surface area contributed by atoms with Crippen LogP contribution < -0.4 is 5.32 Å². The van der Waals surface area contributed by atoms with Crippen molar-refractivity contribution in [2.75, 3.05) is 0 Å². The molecule has 1 rings (SSSR count). The minimum Gasteiger partial charge on any atom is -0.386 e. The number of benzene rings is 1. The smallest absolute Gasteiger partial charge is 0.244 e. The molecule has 0 aliphatic heterocycles. The molecular weight excluding hydrogens is 294 g/mol. The Balaban J connectivity index is 2.66. The molecule has 0 fully saturated rings. The van der Waals surface area contributed by atoms with Crippen LogP contribution in [0.15, 0.2) is 40.4 Å². The van der Waals surface area contributed by atoms with Gasteiger partial charge in [0, 0.05) is 10.5 Å². The second-order valence-electron chi connectivity index (χ2n) is 4.52. The molecule has 2 N–H and O–H groups in total. The number of allylic oxidation sites excluding steroid dienone is 1. The van der Waals surface area contributed by atoms with Crippen molar-refractivity contribution in [2.24, 2.45) is 0 Å². The van der Waals surface area contributed by atoms with Crippen molar-refractivity contribution in [2.45, 2.75) is 32.9 Å². The maximum Gasteiger partial charge on any atom is 0.244 e. The topological polar surface area (TPSA) is 49.3 Å². The van der Waals surface area contributed by atoms with Crippen LogP contribution in [-0.4, -0.2) is 17.1 Å². The van der Waals surface area contributed by atoms with Crippen molar-refractivity contribution in [3.63, 3.8) is 0 Å². The van der Waals surface area contributed by atoms with Gasteiger partial charge in [-0.1, -0.05) is 33.6 Å². The van der Waals surface area contributed by atoms with E-state index in [4.69, 9.17) is 0 Å². The van der Waals surface area contributed by atoms with Crippen LogP contribution in [0.2, 0.25) is 0 Å². The molecule has 0 aliphatic carbocycles. The van der Waals surface area contributed by atoms with E-state index in [9.17, 15) is 9.90 Å². The number of halogens is 1. The first-order chi connectivity index (χ1) is 8.40. The van der Waals surface area contributed by atoms with Gasteiger partial charge in [-0.2, -0.15) is 0 Å². The van der Waals surface area contributed by atoms with Gasteiger partial charge in [0.2, 0.25) is 5.91 Å². The zero-order valence-electron chi connectivity index (χ0n) is 10.8. The highest BCUT2D eigenvalue weighted by molar-refractivity contribution is 9.10. The highest BCUT2D eigenvalue weighted by Crippen LogP contribution is 2.19. The normalized spacial score (nSPS) is 13.6. The van der Waals surface area contributed by atoms with Crippen LogP contribution in [0.1, 0.15) is 32.4 Å². The molecule has 0 spiro atoms. The summed E-state index contributed by atoms with van der Waals surface area (Å²) in [7, 11) is 0. The summed E-state index contributed by atoms with van der Waals surface area (Å²) in [5, 5.41) is 12.9. The molecule has 2 unspecified atom stereocenters. The molecule has 0 radical (unpaired) electrons. The third-order valence-corrected chi connectivity index (χ3v) is 3.00. The Hall–Kier alpha value is -1.13. The highest BCUT2D eigenvalue weighted by atomic mass is 79.9. The van der Waals surface area contributed by atoms with Gasteiger partial charge in [0.25, 0.3) is 0 Å². The van der Waals surface area contributed by atoms with Crippen molar-refractivity contribution >= 4 is 21.8 Å². The van der Waals surface area contributed by atoms with Crippen LogP contribution in [0.25, 0.3) is 0 Å². The summed E-state index contributed by atoms with van der Waals surface area (Å²) in [6.07, 6.45) is 0.803. The predicted octanol–water partition coefficient (Wildman–Crippen LogP) is 2.95. The fourth-order valence-electron chi connectivity index (χ4n) is 1.56. The van der Waals surface area contributed by atoms with E-state index in [-0.39, 0.29) is 11.9 Å². The first kappa shape index (κ1) is 14.9. The molecule has 0 aliphatic rings. The van der Waals surface area contributed by atoms with E-state index in [1.165, 1.54) is 6.08 Å². The monoisotopic (exact) mass is 311 g/mol. The first-order valence-corrected chi connectivity index (χ1v) is 6.58. The van der Waals surface area contributed by atoms with Crippen molar-refractivity contribution in [3.05, 3.63) is 46.0 Å². The lowest BCUT2D eigenvalue weighted by Crippen LogP contribution is -2.36. The summed E-state index contributed by atoms with van der Waals surface area (Å²) < 4.78 is 0.958. The molecule has 1 aromatic rings. The van der Waals surface area contributed by atoms with Gasteiger partial charge in [0.05, 0.1) is 12.1 Å². The molecule has 18 heavy (non-hydrogen) atoms. The molecule has 3 nitrogen and oxygen atoms in total. The number of rotatable bonds is 4. The van der Waals surface area contributed by atoms with Crippen LogP contribution in [0.3, 0.4) is 0 Å². The Morgan fingerprint density at radius 3 is 2.39 bits per heavy atom. The van der Waals surface area contributed by atoms with Gasteiger partial charge in [0.1, 0.15) is 0 Å². The molecule has 2 atom stereocenters. The molecule has 0 saturated carbocycles. The maximum atomic E-state index is 11.5. The molecule has 1 amide bonds. The van der Waals surface area contributed by atoms with Crippen LogP contribution in [0, 0.1) is 0 Å². The van der Waals surface area contributed by atoms with E-state index in [1.54, 1.807) is 6.92 Å². The number of hydrogen-bond acceptors (Lipinski definition) is 2. The highest BCUT2D eigenvalue weighted by Gasteiger charge is 2.17. The fourth-order valence-corrected chi connectivity index (χ4v) is 1.82. The Kier molecular flexibility index (Phi) is 5.56. The summed E-state index contributed by atoms with van der Waals surface area (Å²) in [5.74, 6) is -0.182. The van der Waals surface area contributed by atoms with Gasteiger partial charge in [0.15, 0.2) is 0 Å².